The fourth-order valence-electron chi connectivity index (χ4n) is 2.36. The highest BCUT2D eigenvalue weighted by molar-refractivity contribution is 7.10. The largest absolute Gasteiger partial charge is 0.344 e. The second kappa shape index (κ2) is 5.75. The van der Waals surface area contributed by atoms with Crippen molar-refractivity contribution >= 4 is 17.2 Å². The molecule has 1 saturated carbocycles. The van der Waals surface area contributed by atoms with E-state index in [1.807, 2.05) is 17.5 Å². The van der Waals surface area contributed by atoms with Crippen molar-refractivity contribution in [3.63, 3.8) is 0 Å². The summed E-state index contributed by atoms with van der Waals surface area (Å²) in [6.07, 6.45) is 3.09. The average Bonchev–Trinajstić information content (AvgIpc) is 2.88. The number of carbonyl (C=O) groups excluding carboxylic acids is 1. The Morgan fingerprint density at radius 3 is 2.55 bits per heavy atom. The Labute approximate surface area is 121 Å². The first-order chi connectivity index (χ1) is 9.74. The lowest BCUT2D eigenvalue weighted by Crippen LogP contribution is -2.37. The second-order valence-electron chi connectivity index (χ2n) is 5.14. The standard InChI is InChI=1S/C16H16FNOS/c17-13-8-6-11(7-9-13)15(14-5-2-10-20-14)18-16(19)12-3-1-4-12/h2,5-10,12,15H,1,3-4H2,(H,18,19). The maximum atomic E-state index is 13.1. The average molecular weight is 289 g/mol. The molecule has 0 aliphatic heterocycles. The fourth-order valence-corrected chi connectivity index (χ4v) is 3.16. The van der Waals surface area contributed by atoms with E-state index in [-0.39, 0.29) is 23.7 Å². The van der Waals surface area contributed by atoms with Crippen LogP contribution in [0.4, 0.5) is 4.39 Å². The van der Waals surface area contributed by atoms with Crippen LogP contribution in [0.1, 0.15) is 35.7 Å². The van der Waals surface area contributed by atoms with Crippen LogP contribution in [0.2, 0.25) is 0 Å². The molecule has 0 spiro atoms. The smallest absolute Gasteiger partial charge is 0.223 e. The van der Waals surface area contributed by atoms with Crippen molar-refractivity contribution in [2.45, 2.75) is 25.3 Å². The SMILES string of the molecule is O=C(NC(c1ccc(F)cc1)c1cccs1)C1CCC1. The van der Waals surface area contributed by atoms with E-state index in [1.54, 1.807) is 23.5 Å². The molecule has 3 rings (SSSR count). The number of hydrogen-bond donors (Lipinski definition) is 1. The third kappa shape index (κ3) is 2.75. The van der Waals surface area contributed by atoms with Gasteiger partial charge in [0, 0.05) is 10.8 Å². The molecule has 2 nitrogen and oxygen atoms in total. The predicted molar refractivity (Wildman–Crippen MR) is 78.0 cm³/mol. The second-order valence-corrected chi connectivity index (χ2v) is 6.12. The molecular formula is C16H16FNOS. The normalized spacial score (nSPS) is 16.4. The summed E-state index contributed by atoms with van der Waals surface area (Å²) in [6.45, 7) is 0. The predicted octanol–water partition coefficient (Wildman–Crippen LogP) is 3.89. The summed E-state index contributed by atoms with van der Waals surface area (Å²) in [7, 11) is 0. The summed E-state index contributed by atoms with van der Waals surface area (Å²) in [6, 6.07) is 10.1. The molecule has 20 heavy (non-hydrogen) atoms. The number of nitrogens with one attached hydrogen (secondary N) is 1. The van der Waals surface area contributed by atoms with Crippen LogP contribution in [0.25, 0.3) is 0 Å². The fraction of sp³-hybridized carbons (Fsp3) is 0.312. The molecule has 1 N–H and O–H groups in total. The summed E-state index contributed by atoms with van der Waals surface area (Å²) in [5.41, 5.74) is 0.918. The zero-order valence-electron chi connectivity index (χ0n) is 11.0. The van der Waals surface area contributed by atoms with Gasteiger partial charge in [0.05, 0.1) is 6.04 Å². The molecule has 1 aliphatic carbocycles. The molecule has 1 aromatic heterocycles. The van der Waals surface area contributed by atoms with Gasteiger partial charge in [0.25, 0.3) is 0 Å². The van der Waals surface area contributed by atoms with Gasteiger partial charge in [-0.2, -0.15) is 0 Å². The van der Waals surface area contributed by atoms with Gasteiger partial charge in [-0.15, -0.1) is 11.3 Å². The third-order valence-electron chi connectivity index (χ3n) is 3.79. The van der Waals surface area contributed by atoms with E-state index in [2.05, 4.69) is 5.32 Å². The minimum Gasteiger partial charge on any atom is -0.344 e. The van der Waals surface area contributed by atoms with Gasteiger partial charge in [0.1, 0.15) is 5.82 Å². The molecule has 1 atom stereocenters. The van der Waals surface area contributed by atoms with Crippen LogP contribution in [0, 0.1) is 11.7 Å². The Balaban J connectivity index is 1.84. The minimum atomic E-state index is -0.260. The highest BCUT2D eigenvalue weighted by Crippen LogP contribution is 2.30. The zero-order valence-corrected chi connectivity index (χ0v) is 11.8. The van der Waals surface area contributed by atoms with Gasteiger partial charge in [-0.1, -0.05) is 24.6 Å². The summed E-state index contributed by atoms with van der Waals surface area (Å²) < 4.78 is 13.1. The van der Waals surface area contributed by atoms with Gasteiger partial charge in [-0.3, -0.25) is 4.79 Å². The van der Waals surface area contributed by atoms with Gasteiger partial charge >= 0.3 is 0 Å². The third-order valence-corrected chi connectivity index (χ3v) is 4.73. The number of thiophene rings is 1. The molecule has 1 heterocycles. The quantitative estimate of drug-likeness (QED) is 0.909. The van der Waals surface area contributed by atoms with Gasteiger partial charge in [-0.25, -0.2) is 4.39 Å². The highest BCUT2D eigenvalue weighted by atomic mass is 32.1. The van der Waals surface area contributed by atoms with Gasteiger partial charge in [0.2, 0.25) is 5.91 Å². The van der Waals surface area contributed by atoms with Crippen molar-refractivity contribution < 1.29 is 9.18 Å². The number of benzene rings is 1. The van der Waals surface area contributed by atoms with Crippen LogP contribution >= 0.6 is 11.3 Å². The lowest BCUT2D eigenvalue weighted by molar-refractivity contribution is -0.127. The molecular weight excluding hydrogens is 273 g/mol. The van der Waals surface area contributed by atoms with Gasteiger partial charge in [-0.05, 0) is 42.0 Å². The number of carbonyl (C=O) groups is 1. The van der Waals surface area contributed by atoms with E-state index in [4.69, 9.17) is 0 Å². The summed E-state index contributed by atoms with van der Waals surface area (Å²) in [4.78, 5) is 13.3. The Kier molecular flexibility index (Phi) is 3.83. The molecule has 0 bridgehead atoms. The highest BCUT2D eigenvalue weighted by Gasteiger charge is 2.28. The zero-order chi connectivity index (χ0) is 13.9. The molecule has 1 unspecified atom stereocenters. The van der Waals surface area contributed by atoms with Crippen LogP contribution < -0.4 is 5.32 Å². The number of amides is 1. The molecule has 1 amide bonds. The molecule has 0 radical (unpaired) electrons. The summed E-state index contributed by atoms with van der Waals surface area (Å²) in [5, 5.41) is 5.09. The Bertz CT molecular complexity index is 575. The first-order valence-electron chi connectivity index (χ1n) is 6.83. The van der Waals surface area contributed by atoms with E-state index in [0.717, 1.165) is 29.7 Å². The van der Waals surface area contributed by atoms with E-state index in [1.165, 1.54) is 12.1 Å². The molecule has 1 aromatic carbocycles. The topological polar surface area (TPSA) is 29.1 Å². The van der Waals surface area contributed by atoms with Crippen LogP contribution in [-0.4, -0.2) is 5.91 Å². The summed E-state index contributed by atoms with van der Waals surface area (Å²) >= 11 is 1.60. The van der Waals surface area contributed by atoms with Crippen molar-refractivity contribution in [3.05, 3.63) is 58.0 Å². The van der Waals surface area contributed by atoms with Crippen molar-refractivity contribution in [2.24, 2.45) is 5.92 Å². The van der Waals surface area contributed by atoms with Gasteiger partial charge in [0.15, 0.2) is 0 Å². The molecule has 1 fully saturated rings. The van der Waals surface area contributed by atoms with Crippen molar-refractivity contribution in [3.8, 4) is 0 Å². The number of hydrogen-bond acceptors (Lipinski definition) is 2. The number of rotatable bonds is 4. The van der Waals surface area contributed by atoms with Crippen LogP contribution in [0.3, 0.4) is 0 Å². The Morgan fingerprint density at radius 1 is 1.25 bits per heavy atom. The Hall–Kier alpha value is -1.68. The lowest BCUT2D eigenvalue weighted by atomic mass is 9.84. The summed E-state index contributed by atoms with van der Waals surface area (Å²) in [5.74, 6) is 0.000819. The monoisotopic (exact) mass is 289 g/mol. The van der Waals surface area contributed by atoms with E-state index >= 15 is 0 Å². The lowest BCUT2D eigenvalue weighted by Gasteiger charge is -2.27. The van der Waals surface area contributed by atoms with Crippen LogP contribution in [0.15, 0.2) is 41.8 Å². The molecule has 1 aliphatic rings. The van der Waals surface area contributed by atoms with Crippen LogP contribution in [0.5, 0.6) is 0 Å². The van der Waals surface area contributed by atoms with E-state index < -0.39 is 0 Å². The molecule has 2 aromatic rings. The van der Waals surface area contributed by atoms with Crippen LogP contribution in [-0.2, 0) is 4.79 Å². The maximum Gasteiger partial charge on any atom is 0.223 e. The Morgan fingerprint density at radius 2 is 2.00 bits per heavy atom. The molecule has 104 valence electrons. The minimum absolute atomic E-state index is 0.110. The first-order valence-corrected chi connectivity index (χ1v) is 7.71. The van der Waals surface area contributed by atoms with Gasteiger partial charge < -0.3 is 5.32 Å². The first kappa shape index (κ1) is 13.3. The molecule has 4 heteroatoms. The van der Waals surface area contributed by atoms with E-state index in [9.17, 15) is 9.18 Å². The van der Waals surface area contributed by atoms with Crippen molar-refractivity contribution in [1.82, 2.24) is 5.32 Å². The number of halogens is 1. The van der Waals surface area contributed by atoms with Crippen molar-refractivity contribution in [1.29, 1.82) is 0 Å². The molecule has 0 saturated heterocycles. The van der Waals surface area contributed by atoms with E-state index in [0.29, 0.717) is 0 Å². The van der Waals surface area contributed by atoms with Crippen molar-refractivity contribution in [2.75, 3.05) is 0 Å². The maximum absolute atomic E-state index is 13.1.